The van der Waals surface area contributed by atoms with Crippen LogP contribution in [0.15, 0.2) is 18.2 Å². The van der Waals surface area contributed by atoms with E-state index in [0.29, 0.717) is 6.61 Å². The second-order valence-corrected chi connectivity index (χ2v) is 6.05. The molecule has 0 bridgehead atoms. The quantitative estimate of drug-likeness (QED) is 0.828. The first kappa shape index (κ1) is 18.7. The summed E-state index contributed by atoms with van der Waals surface area (Å²) in [7, 11) is 0. The third-order valence-corrected chi connectivity index (χ3v) is 4.43. The van der Waals surface area contributed by atoms with Crippen LogP contribution in [0.4, 0.5) is 10.1 Å². The van der Waals surface area contributed by atoms with E-state index in [9.17, 15) is 9.18 Å². The molecule has 1 heterocycles. The van der Waals surface area contributed by atoms with Crippen LogP contribution >= 0.6 is 0 Å². The van der Waals surface area contributed by atoms with Crippen LogP contribution in [-0.2, 0) is 9.53 Å². The molecule has 24 heavy (non-hydrogen) atoms. The minimum absolute atomic E-state index is 0.0284. The van der Waals surface area contributed by atoms with Crippen molar-refractivity contribution in [2.45, 2.75) is 26.8 Å². The Labute approximate surface area is 143 Å². The number of carbonyl (C=O) groups is 1. The van der Waals surface area contributed by atoms with Gasteiger partial charge in [0.15, 0.2) is 0 Å². The summed E-state index contributed by atoms with van der Waals surface area (Å²) in [6.45, 7) is 11.3. The maximum absolute atomic E-state index is 13.8. The molecular formula is C18H28FN3O2. The van der Waals surface area contributed by atoms with Gasteiger partial charge in [-0.1, -0.05) is 6.92 Å². The number of carbonyl (C=O) groups excluding carboxylic acids is 1. The van der Waals surface area contributed by atoms with Gasteiger partial charge < -0.3 is 19.9 Å². The van der Waals surface area contributed by atoms with Gasteiger partial charge in [0.25, 0.3) is 0 Å². The van der Waals surface area contributed by atoms with Crippen molar-refractivity contribution in [3.8, 4) is 0 Å². The van der Waals surface area contributed by atoms with E-state index in [-0.39, 0.29) is 24.4 Å². The summed E-state index contributed by atoms with van der Waals surface area (Å²) in [6.07, 6.45) is 0. The Morgan fingerprint density at radius 1 is 1.29 bits per heavy atom. The molecule has 1 aromatic rings. The predicted molar refractivity (Wildman–Crippen MR) is 93.8 cm³/mol. The zero-order chi connectivity index (χ0) is 17.5. The normalized spacial score (nSPS) is 16.9. The van der Waals surface area contributed by atoms with Crippen molar-refractivity contribution >= 4 is 11.6 Å². The lowest BCUT2D eigenvalue weighted by Gasteiger charge is -2.37. The van der Waals surface area contributed by atoms with Gasteiger partial charge in [0, 0.05) is 44.0 Å². The summed E-state index contributed by atoms with van der Waals surface area (Å²) in [5.74, 6) is -0.470. The number of nitrogens with one attached hydrogen (secondary N) is 1. The molecule has 0 spiro atoms. The highest BCUT2D eigenvalue weighted by Gasteiger charge is 2.21. The largest absolute Gasteiger partial charge is 0.372 e. The van der Waals surface area contributed by atoms with Crippen molar-refractivity contribution in [3.63, 3.8) is 0 Å². The van der Waals surface area contributed by atoms with E-state index >= 15 is 0 Å². The van der Waals surface area contributed by atoms with Gasteiger partial charge in [-0.2, -0.15) is 0 Å². The van der Waals surface area contributed by atoms with Crippen LogP contribution in [-0.4, -0.2) is 56.7 Å². The fourth-order valence-corrected chi connectivity index (χ4v) is 3.02. The molecule has 1 amide bonds. The van der Waals surface area contributed by atoms with Gasteiger partial charge in [0.05, 0.1) is 6.04 Å². The summed E-state index contributed by atoms with van der Waals surface area (Å²) in [6, 6.07) is 4.55. The Morgan fingerprint density at radius 3 is 2.62 bits per heavy atom. The summed E-state index contributed by atoms with van der Waals surface area (Å²) >= 11 is 0. The Hall–Kier alpha value is -1.66. The Kier molecular flexibility index (Phi) is 6.99. The molecule has 1 atom stereocenters. The number of amides is 1. The maximum Gasteiger partial charge on any atom is 0.246 e. The Bertz CT molecular complexity index is 545. The van der Waals surface area contributed by atoms with Crippen LogP contribution in [0.2, 0.25) is 0 Å². The number of hydrogen-bond acceptors (Lipinski definition) is 4. The van der Waals surface area contributed by atoms with Crippen LogP contribution in [0, 0.1) is 5.82 Å². The fourth-order valence-electron chi connectivity index (χ4n) is 3.02. The van der Waals surface area contributed by atoms with Crippen LogP contribution in [0.1, 0.15) is 32.4 Å². The molecule has 1 unspecified atom stereocenters. The number of halogens is 1. The van der Waals surface area contributed by atoms with Gasteiger partial charge in [0.2, 0.25) is 5.91 Å². The van der Waals surface area contributed by atoms with Crippen LogP contribution in [0.5, 0.6) is 0 Å². The molecular weight excluding hydrogens is 309 g/mol. The van der Waals surface area contributed by atoms with E-state index in [2.05, 4.69) is 22.0 Å². The van der Waals surface area contributed by atoms with Crippen LogP contribution < -0.4 is 10.2 Å². The van der Waals surface area contributed by atoms with Gasteiger partial charge in [0.1, 0.15) is 12.4 Å². The van der Waals surface area contributed by atoms with E-state index in [1.165, 1.54) is 12.1 Å². The lowest BCUT2D eigenvalue weighted by atomic mass is 10.0. The van der Waals surface area contributed by atoms with Gasteiger partial charge in [-0.3, -0.25) is 4.79 Å². The van der Waals surface area contributed by atoms with Crippen molar-refractivity contribution in [2.24, 2.45) is 0 Å². The first-order valence-electron chi connectivity index (χ1n) is 8.69. The summed E-state index contributed by atoms with van der Waals surface area (Å²) in [5, 5.41) is 2.89. The minimum Gasteiger partial charge on any atom is -0.372 e. The molecule has 0 radical (unpaired) electrons. The second kappa shape index (κ2) is 8.99. The van der Waals surface area contributed by atoms with Crippen molar-refractivity contribution in [3.05, 3.63) is 29.6 Å². The van der Waals surface area contributed by atoms with Crippen LogP contribution in [0.25, 0.3) is 0 Å². The average molecular weight is 337 g/mol. The maximum atomic E-state index is 13.8. The summed E-state index contributed by atoms with van der Waals surface area (Å²) < 4.78 is 18.9. The van der Waals surface area contributed by atoms with Crippen molar-refractivity contribution in [2.75, 3.05) is 50.8 Å². The lowest BCUT2D eigenvalue weighted by Crippen LogP contribution is -2.46. The first-order valence-corrected chi connectivity index (χ1v) is 8.69. The van der Waals surface area contributed by atoms with E-state index < -0.39 is 0 Å². The smallest absolute Gasteiger partial charge is 0.246 e. The number of likely N-dealkylation sites (N-methyl/N-ethyl adjacent to an activating group) is 1. The zero-order valence-electron chi connectivity index (χ0n) is 14.8. The van der Waals surface area contributed by atoms with Gasteiger partial charge in [-0.25, -0.2) is 4.39 Å². The molecule has 5 nitrogen and oxygen atoms in total. The molecule has 1 fully saturated rings. The molecule has 6 heteroatoms. The number of anilines is 1. The highest BCUT2D eigenvalue weighted by molar-refractivity contribution is 5.78. The van der Waals surface area contributed by atoms with Gasteiger partial charge >= 0.3 is 0 Å². The topological polar surface area (TPSA) is 44.8 Å². The van der Waals surface area contributed by atoms with E-state index in [1.54, 1.807) is 0 Å². The summed E-state index contributed by atoms with van der Waals surface area (Å²) in [4.78, 5) is 16.6. The van der Waals surface area contributed by atoms with E-state index in [0.717, 1.165) is 44.0 Å². The predicted octanol–water partition coefficient (Wildman–Crippen LogP) is 2.18. The zero-order valence-corrected chi connectivity index (χ0v) is 14.8. The number of piperazine rings is 1. The van der Waals surface area contributed by atoms with Crippen LogP contribution in [0.3, 0.4) is 0 Å². The highest BCUT2D eigenvalue weighted by Crippen LogP contribution is 2.28. The third-order valence-electron chi connectivity index (χ3n) is 4.43. The SMILES string of the molecule is CCOCC(=O)NC(C)c1cc(F)ccc1N1CCN(CC)CC1. The number of rotatable bonds is 7. The lowest BCUT2D eigenvalue weighted by molar-refractivity contribution is -0.126. The first-order chi connectivity index (χ1) is 11.5. The molecule has 134 valence electrons. The molecule has 1 N–H and O–H groups in total. The molecule has 1 aliphatic heterocycles. The number of ether oxygens (including phenoxy) is 1. The number of hydrogen-bond donors (Lipinski definition) is 1. The fraction of sp³-hybridized carbons (Fsp3) is 0.611. The molecule has 2 rings (SSSR count). The monoisotopic (exact) mass is 337 g/mol. The Morgan fingerprint density at radius 2 is 2.00 bits per heavy atom. The van der Waals surface area contributed by atoms with Gasteiger partial charge in [-0.15, -0.1) is 0 Å². The van der Waals surface area contributed by atoms with Crippen molar-refractivity contribution < 1.29 is 13.9 Å². The third kappa shape index (κ3) is 4.92. The average Bonchev–Trinajstić information content (AvgIpc) is 2.60. The second-order valence-electron chi connectivity index (χ2n) is 6.05. The summed E-state index contributed by atoms with van der Waals surface area (Å²) in [5.41, 5.74) is 1.81. The molecule has 1 aromatic carbocycles. The number of nitrogens with zero attached hydrogens (tertiary/aromatic N) is 2. The molecule has 1 saturated heterocycles. The molecule has 0 saturated carbocycles. The van der Waals surface area contributed by atoms with Crippen molar-refractivity contribution in [1.29, 1.82) is 0 Å². The highest BCUT2D eigenvalue weighted by atomic mass is 19.1. The standard InChI is InChI=1S/C18H28FN3O2/c1-4-21-8-10-22(11-9-21)17-7-6-15(19)12-16(17)14(3)20-18(23)13-24-5-2/h6-7,12,14H,4-5,8-11,13H2,1-3H3,(H,20,23). The number of benzene rings is 1. The molecule has 1 aliphatic rings. The molecule has 0 aromatic heterocycles. The van der Waals surface area contributed by atoms with Gasteiger partial charge in [-0.05, 0) is 38.6 Å². The minimum atomic E-state index is -0.285. The van der Waals surface area contributed by atoms with E-state index in [1.807, 2.05) is 19.9 Å². The molecule has 0 aliphatic carbocycles. The van der Waals surface area contributed by atoms with E-state index in [4.69, 9.17) is 4.74 Å². The Balaban J connectivity index is 2.11. The van der Waals surface area contributed by atoms with Crippen molar-refractivity contribution in [1.82, 2.24) is 10.2 Å².